The summed E-state index contributed by atoms with van der Waals surface area (Å²) in [4.78, 5) is 25.8. The number of anilines is 1. The number of primary amides is 1. The Balaban J connectivity index is 1.43. The summed E-state index contributed by atoms with van der Waals surface area (Å²) in [5.74, 6) is 1.46. The summed E-state index contributed by atoms with van der Waals surface area (Å²) in [5, 5.41) is 4.97. The molecule has 1 fully saturated rings. The van der Waals surface area contributed by atoms with Gasteiger partial charge in [0, 0.05) is 24.0 Å². The van der Waals surface area contributed by atoms with Gasteiger partial charge in [-0.25, -0.2) is 9.97 Å². The predicted molar refractivity (Wildman–Crippen MR) is 132 cm³/mol. The third-order valence-corrected chi connectivity index (χ3v) is 7.55. The van der Waals surface area contributed by atoms with E-state index in [2.05, 4.69) is 28.4 Å². The molecule has 0 bridgehead atoms. The Kier molecular flexibility index (Phi) is 6.19. The quantitative estimate of drug-likeness (QED) is 0.594. The van der Waals surface area contributed by atoms with Crippen molar-refractivity contribution in [3.8, 4) is 0 Å². The van der Waals surface area contributed by atoms with Crippen LogP contribution in [0.3, 0.4) is 0 Å². The van der Waals surface area contributed by atoms with Crippen LogP contribution in [0.4, 0.5) is 5.82 Å². The highest BCUT2D eigenvalue weighted by Crippen LogP contribution is 2.39. The van der Waals surface area contributed by atoms with Gasteiger partial charge < -0.3 is 11.1 Å². The zero-order chi connectivity index (χ0) is 21.9. The van der Waals surface area contributed by atoms with E-state index in [9.17, 15) is 4.79 Å². The van der Waals surface area contributed by atoms with E-state index in [1.807, 2.05) is 35.6 Å². The first-order chi connectivity index (χ1) is 15.7. The number of rotatable bonds is 6. The Morgan fingerprint density at radius 2 is 1.91 bits per heavy atom. The van der Waals surface area contributed by atoms with Crippen molar-refractivity contribution in [1.29, 1.82) is 0 Å². The number of hydrogen-bond acceptors (Lipinski definition) is 6. The summed E-state index contributed by atoms with van der Waals surface area (Å²) < 4.78 is 0. The molecule has 6 nitrogen and oxygen atoms in total. The Labute approximate surface area is 192 Å². The minimum absolute atomic E-state index is 0.256. The molecule has 166 valence electrons. The van der Waals surface area contributed by atoms with E-state index in [1.54, 1.807) is 0 Å². The molecule has 1 aromatic carbocycles. The molecule has 3 heterocycles. The summed E-state index contributed by atoms with van der Waals surface area (Å²) in [7, 11) is 0. The minimum atomic E-state index is -0.256. The van der Waals surface area contributed by atoms with Crippen molar-refractivity contribution in [1.82, 2.24) is 14.9 Å². The molecule has 1 aliphatic heterocycles. The van der Waals surface area contributed by atoms with Crippen LogP contribution >= 0.6 is 11.3 Å². The lowest BCUT2D eigenvalue weighted by molar-refractivity contribution is -0.119. The number of thiophene rings is 1. The van der Waals surface area contributed by atoms with Gasteiger partial charge in [0.15, 0.2) is 5.82 Å². The van der Waals surface area contributed by atoms with E-state index in [-0.39, 0.29) is 5.91 Å². The predicted octanol–water partition coefficient (Wildman–Crippen LogP) is 4.10. The molecule has 0 saturated carbocycles. The summed E-state index contributed by atoms with van der Waals surface area (Å²) >= 11 is 1.83. The van der Waals surface area contributed by atoms with Gasteiger partial charge in [0.25, 0.3) is 0 Å². The zero-order valence-corrected chi connectivity index (χ0v) is 19.0. The summed E-state index contributed by atoms with van der Waals surface area (Å²) in [6.45, 7) is 2.09. The Hall–Kier alpha value is -2.77. The van der Waals surface area contributed by atoms with Crippen molar-refractivity contribution in [3.05, 3.63) is 52.2 Å². The fourth-order valence-corrected chi connectivity index (χ4v) is 6.01. The van der Waals surface area contributed by atoms with Gasteiger partial charge in [0.2, 0.25) is 5.91 Å². The van der Waals surface area contributed by atoms with E-state index in [0.717, 1.165) is 60.8 Å². The van der Waals surface area contributed by atoms with Gasteiger partial charge in [-0.1, -0.05) is 36.4 Å². The van der Waals surface area contributed by atoms with Crippen LogP contribution in [-0.2, 0) is 17.6 Å². The van der Waals surface area contributed by atoms with E-state index >= 15 is 0 Å². The molecule has 0 radical (unpaired) electrons. The molecule has 0 spiro atoms. The Bertz CT molecular complexity index is 1130. The smallest absolute Gasteiger partial charge is 0.231 e. The molecule has 1 aliphatic carbocycles. The van der Waals surface area contributed by atoms with Crippen molar-refractivity contribution in [2.45, 2.75) is 44.6 Å². The molecule has 0 unspecified atom stereocenters. The molecule has 2 aromatic heterocycles. The van der Waals surface area contributed by atoms with E-state index < -0.39 is 0 Å². The van der Waals surface area contributed by atoms with Crippen LogP contribution in [-0.4, -0.2) is 46.5 Å². The van der Waals surface area contributed by atoms with Gasteiger partial charge in [-0.05, 0) is 55.7 Å². The molecular weight excluding hydrogens is 418 g/mol. The third-order valence-electron chi connectivity index (χ3n) is 6.36. The average molecular weight is 448 g/mol. The van der Waals surface area contributed by atoms with Gasteiger partial charge in [-0.15, -0.1) is 11.3 Å². The van der Waals surface area contributed by atoms with Crippen LogP contribution in [0.15, 0.2) is 30.3 Å². The molecule has 1 amide bonds. The van der Waals surface area contributed by atoms with Gasteiger partial charge in [-0.3, -0.25) is 9.69 Å². The van der Waals surface area contributed by atoms with Crippen molar-refractivity contribution in [3.63, 3.8) is 0 Å². The topological polar surface area (TPSA) is 84.1 Å². The van der Waals surface area contributed by atoms with Gasteiger partial charge in [-0.2, -0.15) is 0 Å². The second-order valence-electron chi connectivity index (χ2n) is 8.73. The number of likely N-dealkylation sites (tertiary alicyclic amines) is 1. The normalized spacial score (nSPS) is 17.6. The number of aryl methyl sites for hydroxylation is 2. The molecule has 5 rings (SSSR count). The second-order valence-corrected chi connectivity index (χ2v) is 9.81. The van der Waals surface area contributed by atoms with E-state index in [1.165, 1.54) is 28.7 Å². The first kappa shape index (κ1) is 21.1. The van der Waals surface area contributed by atoms with Gasteiger partial charge in [0.1, 0.15) is 10.6 Å². The minimum Gasteiger partial charge on any atom is -0.369 e. The molecule has 32 heavy (non-hydrogen) atoms. The van der Waals surface area contributed by atoms with Crippen LogP contribution in [0, 0.1) is 0 Å². The van der Waals surface area contributed by atoms with Crippen molar-refractivity contribution < 1.29 is 4.79 Å². The molecule has 0 atom stereocenters. The highest BCUT2D eigenvalue weighted by atomic mass is 32.1. The summed E-state index contributed by atoms with van der Waals surface area (Å²) in [6, 6.07) is 10.6. The fourth-order valence-electron chi connectivity index (χ4n) is 4.74. The zero-order valence-electron chi connectivity index (χ0n) is 18.2. The van der Waals surface area contributed by atoms with E-state index in [4.69, 9.17) is 15.7 Å². The lowest BCUT2D eigenvalue weighted by atomic mass is 9.96. The largest absolute Gasteiger partial charge is 0.369 e. The van der Waals surface area contributed by atoms with Crippen molar-refractivity contribution in [2.24, 2.45) is 5.73 Å². The number of carbonyl (C=O) groups is 1. The molecule has 7 heteroatoms. The fraction of sp³-hybridized carbons (Fsp3) is 0.400. The highest BCUT2D eigenvalue weighted by Gasteiger charge is 2.24. The number of nitrogens with two attached hydrogens (primary N) is 1. The maximum atomic E-state index is 11.2. The summed E-state index contributed by atoms with van der Waals surface area (Å²) in [6.07, 6.45) is 10.8. The first-order valence-corrected chi connectivity index (χ1v) is 12.3. The number of benzene rings is 1. The number of piperidine rings is 1. The maximum absolute atomic E-state index is 11.2. The van der Waals surface area contributed by atoms with Crippen LogP contribution in [0.2, 0.25) is 0 Å². The number of amides is 1. The lowest BCUT2D eigenvalue weighted by Crippen LogP contribution is -2.43. The standard InChI is InChI=1S/C25H29N5OS/c26-21(31)16-30-14-12-18(13-15-30)27-24-23-19-8-4-5-9-20(19)32-25(23)29-22(28-24)11-10-17-6-2-1-3-7-17/h1-3,6-7,10-11,18H,4-5,8-9,12-16H2,(H2,26,31)(H,27,28,29)/b11-10+. The summed E-state index contributed by atoms with van der Waals surface area (Å²) in [5.41, 5.74) is 7.95. The number of fused-ring (bicyclic) bond motifs is 3. The SMILES string of the molecule is NC(=O)CN1CCC(Nc2nc(/C=C/c3ccccc3)nc3sc4c(c23)CCCC4)CC1. The molecular formula is C25H29N5OS. The molecule has 3 aromatic rings. The molecule has 2 aliphatic rings. The third kappa shape index (κ3) is 4.69. The lowest BCUT2D eigenvalue weighted by Gasteiger charge is -2.32. The monoisotopic (exact) mass is 447 g/mol. The highest BCUT2D eigenvalue weighted by molar-refractivity contribution is 7.19. The van der Waals surface area contributed by atoms with Gasteiger partial charge in [0.05, 0.1) is 11.9 Å². The molecule has 1 saturated heterocycles. The molecule has 3 N–H and O–H groups in total. The number of aromatic nitrogens is 2. The Morgan fingerprint density at radius 3 is 2.69 bits per heavy atom. The number of carbonyl (C=O) groups excluding carboxylic acids is 1. The number of nitrogens with one attached hydrogen (secondary N) is 1. The van der Waals surface area contributed by atoms with Crippen LogP contribution < -0.4 is 11.1 Å². The first-order valence-electron chi connectivity index (χ1n) is 11.5. The number of hydrogen-bond donors (Lipinski definition) is 2. The maximum Gasteiger partial charge on any atom is 0.231 e. The van der Waals surface area contributed by atoms with Crippen molar-refractivity contribution >= 4 is 45.4 Å². The van der Waals surface area contributed by atoms with Crippen LogP contribution in [0.5, 0.6) is 0 Å². The van der Waals surface area contributed by atoms with Crippen LogP contribution in [0.25, 0.3) is 22.4 Å². The Morgan fingerprint density at radius 1 is 1.12 bits per heavy atom. The average Bonchev–Trinajstić information content (AvgIpc) is 3.18. The van der Waals surface area contributed by atoms with Crippen molar-refractivity contribution in [2.75, 3.05) is 25.0 Å². The second kappa shape index (κ2) is 9.38. The van der Waals surface area contributed by atoms with Crippen LogP contribution in [0.1, 0.15) is 47.5 Å². The van der Waals surface area contributed by atoms with Gasteiger partial charge >= 0.3 is 0 Å². The number of nitrogens with zero attached hydrogens (tertiary/aromatic N) is 3. The van der Waals surface area contributed by atoms with E-state index in [0.29, 0.717) is 12.6 Å².